The number of ether oxygens (including phenoxy) is 1. The highest BCUT2D eigenvalue weighted by Gasteiger charge is 2.12. The average molecular weight is 235 g/mol. The number of anilines is 1. The number of aliphatic hydroxyl groups is 1. The van der Waals surface area contributed by atoms with Crippen molar-refractivity contribution in [3.63, 3.8) is 0 Å². The Labute approximate surface area is 101 Å². The predicted molar refractivity (Wildman–Crippen MR) is 64.7 cm³/mol. The largest absolute Gasteiger partial charge is 0.394 e. The van der Waals surface area contributed by atoms with Gasteiger partial charge in [0, 0.05) is 19.9 Å². The zero-order valence-corrected chi connectivity index (χ0v) is 10.1. The Bertz CT molecular complexity index is 401. The first kappa shape index (κ1) is 13.4. The number of nitrogens with zero attached hydrogens (tertiary/aromatic N) is 2. The van der Waals surface area contributed by atoms with Gasteiger partial charge in [-0.15, -0.1) is 0 Å². The Morgan fingerprint density at radius 3 is 3.00 bits per heavy atom. The summed E-state index contributed by atoms with van der Waals surface area (Å²) < 4.78 is 4.96. The number of rotatable bonds is 6. The first-order chi connectivity index (χ1) is 8.22. The molecule has 1 unspecified atom stereocenters. The summed E-state index contributed by atoms with van der Waals surface area (Å²) in [6.45, 7) is 2.38. The Balaban J connectivity index is 2.79. The van der Waals surface area contributed by atoms with Gasteiger partial charge in [-0.3, -0.25) is 0 Å². The van der Waals surface area contributed by atoms with E-state index in [4.69, 9.17) is 10.00 Å². The van der Waals surface area contributed by atoms with E-state index in [1.54, 1.807) is 19.4 Å². The lowest BCUT2D eigenvalue weighted by atomic mass is 10.1. The minimum atomic E-state index is -0.156. The van der Waals surface area contributed by atoms with Crippen LogP contribution in [-0.2, 0) is 4.74 Å². The van der Waals surface area contributed by atoms with Crippen molar-refractivity contribution in [1.29, 1.82) is 5.26 Å². The molecule has 1 atom stereocenters. The van der Waals surface area contributed by atoms with Crippen molar-refractivity contribution in [1.82, 2.24) is 4.98 Å². The van der Waals surface area contributed by atoms with Gasteiger partial charge in [-0.25, -0.2) is 4.98 Å². The molecule has 1 heterocycles. The molecule has 0 fully saturated rings. The smallest absolute Gasteiger partial charge is 0.144 e. The molecule has 0 aliphatic rings. The van der Waals surface area contributed by atoms with E-state index in [2.05, 4.69) is 16.4 Å². The molecule has 0 saturated heterocycles. The summed E-state index contributed by atoms with van der Waals surface area (Å²) in [5.41, 5.74) is 1.39. The third kappa shape index (κ3) is 3.70. The highest BCUT2D eigenvalue weighted by atomic mass is 16.5. The van der Waals surface area contributed by atoms with Gasteiger partial charge in [-0.05, 0) is 25.0 Å². The third-order valence-corrected chi connectivity index (χ3v) is 2.50. The van der Waals surface area contributed by atoms with Gasteiger partial charge in [0.05, 0.1) is 18.2 Å². The zero-order valence-electron chi connectivity index (χ0n) is 10.1. The SMILES string of the molecule is COCCC(CO)Nc1nccc(C)c1C#N. The maximum Gasteiger partial charge on any atom is 0.144 e. The van der Waals surface area contributed by atoms with E-state index in [9.17, 15) is 5.11 Å². The molecule has 2 N–H and O–H groups in total. The van der Waals surface area contributed by atoms with Gasteiger partial charge in [-0.1, -0.05) is 0 Å². The van der Waals surface area contributed by atoms with Crippen LogP contribution >= 0.6 is 0 Å². The molecule has 0 spiro atoms. The maximum atomic E-state index is 9.22. The van der Waals surface area contributed by atoms with E-state index < -0.39 is 0 Å². The molecule has 0 radical (unpaired) electrons. The number of methoxy groups -OCH3 is 1. The minimum absolute atomic E-state index is 0.0240. The number of aryl methyl sites for hydroxylation is 1. The van der Waals surface area contributed by atoms with E-state index >= 15 is 0 Å². The van der Waals surface area contributed by atoms with E-state index in [1.807, 2.05) is 6.92 Å². The topological polar surface area (TPSA) is 78.2 Å². The van der Waals surface area contributed by atoms with Crippen molar-refractivity contribution in [3.05, 3.63) is 23.4 Å². The molecule has 0 amide bonds. The second-order valence-corrected chi connectivity index (χ2v) is 3.77. The first-order valence-electron chi connectivity index (χ1n) is 5.45. The lowest BCUT2D eigenvalue weighted by Crippen LogP contribution is -2.26. The standard InChI is InChI=1S/C12H17N3O2/c1-9-3-5-14-12(11(9)7-13)15-10(8-16)4-6-17-2/h3,5,10,16H,4,6,8H2,1-2H3,(H,14,15). The van der Waals surface area contributed by atoms with Crippen molar-refractivity contribution >= 4 is 5.82 Å². The van der Waals surface area contributed by atoms with Gasteiger partial charge in [-0.2, -0.15) is 5.26 Å². The van der Waals surface area contributed by atoms with E-state index in [0.29, 0.717) is 24.4 Å². The summed E-state index contributed by atoms with van der Waals surface area (Å²) in [5, 5.41) is 21.3. The maximum absolute atomic E-state index is 9.22. The van der Waals surface area contributed by atoms with Crippen LogP contribution in [0.4, 0.5) is 5.82 Å². The predicted octanol–water partition coefficient (Wildman–Crippen LogP) is 1.07. The summed E-state index contributed by atoms with van der Waals surface area (Å²) in [6.07, 6.45) is 2.30. The molecule has 0 aliphatic heterocycles. The molecule has 92 valence electrons. The zero-order chi connectivity index (χ0) is 12.7. The van der Waals surface area contributed by atoms with Crippen molar-refractivity contribution in [3.8, 4) is 6.07 Å². The van der Waals surface area contributed by atoms with E-state index in [0.717, 1.165) is 5.56 Å². The number of hydrogen-bond donors (Lipinski definition) is 2. The number of aliphatic hydroxyl groups excluding tert-OH is 1. The Hall–Kier alpha value is -1.64. The van der Waals surface area contributed by atoms with E-state index in [1.165, 1.54) is 0 Å². The van der Waals surface area contributed by atoms with Crippen LogP contribution in [0.5, 0.6) is 0 Å². The normalized spacial score (nSPS) is 11.9. The van der Waals surface area contributed by atoms with Gasteiger partial charge in [0.25, 0.3) is 0 Å². The molecule has 17 heavy (non-hydrogen) atoms. The van der Waals surface area contributed by atoms with Crippen LogP contribution in [0, 0.1) is 18.3 Å². The summed E-state index contributed by atoms with van der Waals surface area (Å²) >= 11 is 0. The van der Waals surface area contributed by atoms with Crippen LogP contribution < -0.4 is 5.32 Å². The lowest BCUT2D eigenvalue weighted by Gasteiger charge is -2.17. The fourth-order valence-electron chi connectivity index (χ4n) is 1.47. The fourth-order valence-corrected chi connectivity index (χ4v) is 1.47. The molecule has 0 aromatic carbocycles. The minimum Gasteiger partial charge on any atom is -0.394 e. The van der Waals surface area contributed by atoms with Crippen molar-refractivity contribution < 1.29 is 9.84 Å². The van der Waals surface area contributed by atoms with Crippen LogP contribution in [0.25, 0.3) is 0 Å². The highest BCUT2D eigenvalue weighted by Crippen LogP contribution is 2.16. The average Bonchev–Trinajstić information content (AvgIpc) is 2.34. The molecular weight excluding hydrogens is 218 g/mol. The van der Waals surface area contributed by atoms with Crippen molar-refractivity contribution in [2.24, 2.45) is 0 Å². The van der Waals surface area contributed by atoms with Crippen molar-refractivity contribution in [2.45, 2.75) is 19.4 Å². The molecule has 0 aliphatic carbocycles. The third-order valence-electron chi connectivity index (χ3n) is 2.50. The van der Waals surface area contributed by atoms with Crippen LogP contribution in [0.15, 0.2) is 12.3 Å². The van der Waals surface area contributed by atoms with E-state index in [-0.39, 0.29) is 12.6 Å². The van der Waals surface area contributed by atoms with Crippen LogP contribution in [0.1, 0.15) is 17.5 Å². The summed E-state index contributed by atoms with van der Waals surface area (Å²) in [7, 11) is 1.61. The van der Waals surface area contributed by atoms with Gasteiger partial charge in [0.15, 0.2) is 0 Å². The number of nitrogens with one attached hydrogen (secondary N) is 1. The fraction of sp³-hybridized carbons (Fsp3) is 0.500. The van der Waals surface area contributed by atoms with Gasteiger partial charge in [0.2, 0.25) is 0 Å². The molecule has 0 bridgehead atoms. The Morgan fingerprint density at radius 2 is 2.41 bits per heavy atom. The second kappa shape index (κ2) is 6.84. The molecule has 0 saturated carbocycles. The summed E-state index contributed by atoms with van der Waals surface area (Å²) in [6, 6.07) is 3.74. The summed E-state index contributed by atoms with van der Waals surface area (Å²) in [5.74, 6) is 0.516. The lowest BCUT2D eigenvalue weighted by molar-refractivity contribution is 0.174. The number of aromatic nitrogens is 1. The van der Waals surface area contributed by atoms with Gasteiger partial charge < -0.3 is 15.2 Å². The number of hydrogen-bond acceptors (Lipinski definition) is 5. The van der Waals surface area contributed by atoms with Crippen LogP contribution in [0.2, 0.25) is 0 Å². The van der Waals surface area contributed by atoms with Crippen LogP contribution in [0.3, 0.4) is 0 Å². The van der Waals surface area contributed by atoms with Gasteiger partial charge >= 0.3 is 0 Å². The molecule has 1 rings (SSSR count). The van der Waals surface area contributed by atoms with Crippen molar-refractivity contribution in [2.75, 3.05) is 25.6 Å². The quantitative estimate of drug-likeness (QED) is 0.771. The second-order valence-electron chi connectivity index (χ2n) is 3.77. The molecule has 5 heteroatoms. The summed E-state index contributed by atoms with van der Waals surface area (Å²) in [4.78, 5) is 4.12. The molecule has 5 nitrogen and oxygen atoms in total. The molecule has 1 aromatic rings. The van der Waals surface area contributed by atoms with Crippen LogP contribution in [-0.4, -0.2) is 36.5 Å². The molecule has 1 aromatic heterocycles. The van der Waals surface area contributed by atoms with Gasteiger partial charge in [0.1, 0.15) is 11.9 Å². The Morgan fingerprint density at radius 1 is 1.65 bits per heavy atom. The molecular formula is C12H17N3O2. The number of pyridine rings is 1. The Kier molecular flexibility index (Phi) is 5.40. The highest BCUT2D eigenvalue weighted by molar-refractivity contribution is 5.55. The first-order valence-corrected chi connectivity index (χ1v) is 5.45. The number of nitriles is 1. The monoisotopic (exact) mass is 235 g/mol.